The van der Waals surface area contributed by atoms with E-state index < -0.39 is 10.0 Å². The predicted molar refractivity (Wildman–Crippen MR) is 101 cm³/mol. The smallest absolute Gasteiger partial charge is 0.243 e. The molecule has 0 radical (unpaired) electrons. The summed E-state index contributed by atoms with van der Waals surface area (Å²) in [7, 11) is -2.01. The summed E-state index contributed by atoms with van der Waals surface area (Å²) in [5, 5.41) is 0. The minimum atomic E-state index is -3.58. The summed E-state index contributed by atoms with van der Waals surface area (Å²) in [5.74, 6) is 2.50. The van der Waals surface area contributed by atoms with Gasteiger partial charge in [-0.3, -0.25) is 0 Å². The molecule has 0 N–H and O–H groups in total. The Balaban J connectivity index is 1.52. The van der Waals surface area contributed by atoms with Crippen LogP contribution in [0.3, 0.4) is 0 Å². The fourth-order valence-corrected chi connectivity index (χ4v) is 5.71. The molecule has 2 saturated heterocycles. The zero-order valence-corrected chi connectivity index (χ0v) is 16.3. The van der Waals surface area contributed by atoms with Crippen LogP contribution in [0.15, 0.2) is 41.3 Å². The average Bonchev–Trinajstić information content (AvgIpc) is 3.42. The van der Waals surface area contributed by atoms with Crippen LogP contribution in [-0.2, 0) is 14.8 Å². The molecule has 2 atom stereocenters. The summed E-state index contributed by atoms with van der Waals surface area (Å²) in [4.78, 5) is 0.266. The van der Waals surface area contributed by atoms with Crippen molar-refractivity contribution in [2.45, 2.75) is 4.90 Å². The number of hydrogen-bond donors (Lipinski definition) is 0. The van der Waals surface area contributed by atoms with E-state index in [1.807, 2.05) is 18.2 Å². The third kappa shape index (κ3) is 2.83. The molecule has 2 aromatic carbocycles. The quantitative estimate of drug-likeness (QED) is 0.780. The van der Waals surface area contributed by atoms with Gasteiger partial charge in [0, 0.05) is 30.5 Å². The van der Waals surface area contributed by atoms with Gasteiger partial charge in [0.2, 0.25) is 16.8 Å². The van der Waals surface area contributed by atoms with E-state index in [0.717, 1.165) is 5.56 Å². The molecule has 5 rings (SSSR count). The summed E-state index contributed by atoms with van der Waals surface area (Å²) in [6.45, 7) is 2.49. The molecule has 0 saturated carbocycles. The van der Waals surface area contributed by atoms with Crippen LogP contribution in [-0.4, -0.2) is 52.9 Å². The van der Waals surface area contributed by atoms with Crippen molar-refractivity contribution in [2.75, 3.05) is 40.2 Å². The predicted octanol–water partition coefficient (Wildman–Crippen LogP) is 2.36. The van der Waals surface area contributed by atoms with Gasteiger partial charge in [-0.15, -0.1) is 0 Å². The van der Waals surface area contributed by atoms with E-state index in [9.17, 15) is 8.42 Å². The third-order valence-corrected chi connectivity index (χ3v) is 7.53. The summed E-state index contributed by atoms with van der Waals surface area (Å²) in [6.07, 6.45) is 0. The number of benzene rings is 2. The van der Waals surface area contributed by atoms with Crippen molar-refractivity contribution in [1.29, 1.82) is 0 Å². The first-order valence-corrected chi connectivity index (χ1v) is 10.7. The maximum absolute atomic E-state index is 13.2. The van der Waals surface area contributed by atoms with E-state index in [1.165, 1.54) is 0 Å². The highest BCUT2D eigenvalue weighted by Crippen LogP contribution is 2.40. The van der Waals surface area contributed by atoms with Crippen molar-refractivity contribution < 1.29 is 27.4 Å². The van der Waals surface area contributed by atoms with Gasteiger partial charge in [-0.1, -0.05) is 6.07 Å². The molecule has 148 valence electrons. The first-order valence-electron chi connectivity index (χ1n) is 9.22. The van der Waals surface area contributed by atoms with Crippen molar-refractivity contribution in [3.8, 4) is 28.4 Å². The maximum atomic E-state index is 13.2. The normalized spacial score (nSPS) is 23.8. The number of methoxy groups -OCH3 is 1. The second-order valence-corrected chi connectivity index (χ2v) is 9.25. The molecule has 0 aromatic heterocycles. The molecule has 0 spiro atoms. The summed E-state index contributed by atoms with van der Waals surface area (Å²) >= 11 is 0. The molecule has 0 aliphatic carbocycles. The van der Waals surface area contributed by atoms with E-state index in [-0.39, 0.29) is 11.7 Å². The molecule has 0 bridgehead atoms. The molecule has 2 fully saturated rings. The summed E-state index contributed by atoms with van der Waals surface area (Å²) in [5.41, 5.74) is 1.51. The Morgan fingerprint density at radius 3 is 2.50 bits per heavy atom. The van der Waals surface area contributed by atoms with Gasteiger partial charge < -0.3 is 18.9 Å². The standard InChI is InChI=1S/C20H21NO6S/c1-24-18-5-3-16(28(22,23)21-8-14-10-25-11-15(14)9-21)7-17(18)13-2-4-19-20(6-13)27-12-26-19/h2-7,14-15H,8-12H2,1H3/t14-,15+. The van der Waals surface area contributed by atoms with Crippen molar-refractivity contribution in [3.05, 3.63) is 36.4 Å². The van der Waals surface area contributed by atoms with E-state index in [4.69, 9.17) is 18.9 Å². The Hall–Kier alpha value is -2.29. The topological polar surface area (TPSA) is 74.3 Å². The molecule has 0 amide bonds. The average molecular weight is 403 g/mol. The van der Waals surface area contributed by atoms with Crippen LogP contribution in [0.25, 0.3) is 11.1 Å². The van der Waals surface area contributed by atoms with Gasteiger partial charge in [-0.25, -0.2) is 8.42 Å². The van der Waals surface area contributed by atoms with Gasteiger partial charge >= 0.3 is 0 Å². The Morgan fingerprint density at radius 2 is 1.75 bits per heavy atom. The van der Waals surface area contributed by atoms with Crippen LogP contribution >= 0.6 is 0 Å². The summed E-state index contributed by atoms with van der Waals surface area (Å²) in [6, 6.07) is 10.5. The van der Waals surface area contributed by atoms with Crippen LogP contribution < -0.4 is 14.2 Å². The van der Waals surface area contributed by atoms with Crippen LogP contribution in [0.5, 0.6) is 17.2 Å². The lowest BCUT2D eigenvalue weighted by Crippen LogP contribution is -2.30. The minimum Gasteiger partial charge on any atom is -0.496 e. The highest BCUT2D eigenvalue weighted by Gasteiger charge is 2.42. The lowest BCUT2D eigenvalue weighted by Gasteiger charge is -2.19. The lowest BCUT2D eigenvalue weighted by atomic mass is 10.0. The van der Waals surface area contributed by atoms with Gasteiger partial charge in [0.25, 0.3) is 0 Å². The molecule has 7 nitrogen and oxygen atoms in total. The highest BCUT2D eigenvalue weighted by atomic mass is 32.2. The molecular weight excluding hydrogens is 382 g/mol. The van der Waals surface area contributed by atoms with E-state index >= 15 is 0 Å². The molecule has 2 aromatic rings. The van der Waals surface area contributed by atoms with Crippen molar-refractivity contribution in [2.24, 2.45) is 11.8 Å². The van der Waals surface area contributed by atoms with Gasteiger partial charge in [0.1, 0.15) is 5.75 Å². The van der Waals surface area contributed by atoms with Crippen LogP contribution in [0, 0.1) is 11.8 Å². The minimum absolute atomic E-state index is 0.186. The van der Waals surface area contributed by atoms with Crippen LogP contribution in [0.4, 0.5) is 0 Å². The second kappa shape index (κ2) is 6.65. The van der Waals surface area contributed by atoms with Crippen molar-refractivity contribution in [1.82, 2.24) is 4.31 Å². The fraction of sp³-hybridized carbons (Fsp3) is 0.400. The zero-order chi connectivity index (χ0) is 19.3. The Morgan fingerprint density at radius 1 is 1.00 bits per heavy atom. The number of sulfonamides is 1. The lowest BCUT2D eigenvalue weighted by molar-refractivity contribution is 0.168. The second-order valence-electron chi connectivity index (χ2n) is 7.31. The molecule has 0 unspecified atom stereocenters. The monoisotopic (exact) mass is 403 g/mol. The Labute approximate surface area is 163 Å². The van der Waals surface area contributed by atoms with Crippen LogP contribution in [0.2, 0.25) is 0 Å². The maximum Gasteiger partial charge on any atom is 0.243 e. The van der Waals surface area contributed by atoms with Gasteiger partial charge in [-0.2, -0.15) is 4.31 Å². The Kier molecular flexibility index (Phi) is 4.22. The van der Waals surface area contributed by atoms with Gasteiger partial charge in [-0.05, 0) is 35.9 Å². The van der Waals surface area contributed by atoms with E-state index in [1.54, 1.807) is 29.6 Å². The molecule has 3 heterocycles. The van der Waals surface area contributed by atoms with E-state index in [0.29, 0.717) is 61.0 Å². The molecule has 3 aliphatic heterocycles. The Bertz CT molecular complexity index is 1010. The van der Waals surface area contributed by atoms with Crippen molar-refractivity contribution in [3.63, 3.8) is 0 Å². The fourth-order valence-electron chi connectivity index (χ4n) is 4.13. The SMILES string of the molecule is COc1ccc(S(=O)(=O)N2C[C@H]3COC[C@H]3C2)cc1-c1ccc2c(c1)OCO2. The number of nitrogens with zero attached hydrogens (tertiary/aromatic N) is 1. The number of ether oxygens (including phenoxy) is 4. The van der Waals surface area contributed by atoms with E-state index in [2.05, 4.69) is 0 Å². The first kappa shape index (κ1) is 17.8. The molecular formula is C20H21NO6S. The summed E-state index contributed by atoms with van der Waals surface area (Å²) < 4.78 is 49.8. The number of fused-ring (bicyclic) bond motifs is 2. The molecule has 28 heavy (non-hydrogen) atoms. The van der Waals surface area contributed by atoms with Crippen LogP contribution in [0.1, 0.15) is 0 Å². The highest BCUT2D eigenvalue weighted by molar-refractivity contribution is 7.89. The van der Waals surface area contributed by atoms with Gasteiger partial charge in [0.15, 0.2) is 11.5 Å². The van der Waals surface area contributed by atoms with Crippen molar-refractivity contribution >= 4 is 10.0 Å². The first-order chi connectivity index (χ1) is 13.6. The number of hydrogen-bond acceptors (Lipinski definition) is 6. The van der Waals surface area contributed by atoms with Gasteiger partial charge in [0.05, 0.1) is 25.2 Å². The largest absolute Gasteiger partial charge is 0.496 e. The number of rotatable bonds is 4. The molecule has 3 aliphatic rings. The zero-order valence-electron chi connectivity index (χ0n) is 15.5. The third-order valence-electron chi connectivity index (χ3n) is 5.70. The molecule has 8 heteroatoms.